The highest BCUT2D eigenvalue weighted by Crippen LogP contribution is 2.20. The van der Waals surface area contributed by atoms with E-state index in [0.717, 1.165) is 11.4 Å². The molecule has 0 radical (unpaired) electrons. The lowest BCUT2D eigenvalue weighted by molar-refractivity contribution is -0.125. The molecule has 0 aliphatic carbocycles. The van der Waals surface area contributed by atoms with Crippen LogP contribution >= 0.6 is 0 Å². The Morgan fingerprint density at radius 1 is 1.33 bits per heavy atom. The van der Waals surface area contributed by atoms with E-state index in [9.17, 15) is 9.59 Å². The van der Waals surface area contributed by atoms with Crippen LogP contribution < -0.4 is 10.6 Å². The first-order valence-electron chi connectivity index (χ1n) is 9.23. The van der Waals surface area contributed by atoms with Gasteiger partial charge in [0.05, 0.1) is 19.0 Å². The first-order chi connectivity index (χ1) is 13.1. The number of nitrogens with zero attached hydrogens (tertiary/aromatic N) is 4. The number of aryl methyl sites for hydroxylation is 1. The lowest BCUT2D eigenvalue weighted by atomic mass is 10.1. The maximum atomic E-state index is 12.5. The van der Waals surface area contributed by atoms with Crippen molar-refractivity contribution in [1.82, 2.24) is 30.1 Å². The van der Waals surface area contributed by atoms with Crippen molar-refractivity contribution in [3.05, 3.63) is 48.3 Å². The fourth-order valence-corrected chi connectivity index (χ4v) is 3.44. The molecule has 2 N–H and O–H groups in total. The third kappa shape index (κ3) is 4.91. The zero-order chi connectivity index (χ0) is 19.2. The van der Waals surface area contributed by atoms with Crippen LogP contribution in [-0.2, 0) is 29.6 Å². The van der Waals surface area contributed by atoms with E-state index < -0.39 is 0 Å². The quantitative estimate of drug-likeness (QED) is 0.729. The third-order valence-corrected chi connectivity index (χ3v) is 4.78. The zero-order valence-electron chi connectivity index (χ0n) is 15.8. The van der Waals surface area contributed by atoms with E-state index in [2.05, 4.69) is 25.5 Å². The molecule has 1 fully saturated rings. The van der Waals surface area contributed by atoms with Gasteiger partial charge in [-0.15, -0.1) is 0 Å². The van der Waals surface area contributed by atoms with Gasteiger partial charge in [0.25, 0.3) is 0 Å². The van der Waals surface area contributed by atoms with Gasteiger partial charge in [-0.3, -0.25) is 19.5 Å². The molecular formula is C19H26N6O2. The monoisotopic (exact) mass is 370 g/mol. The first kappa shape index (κ1) is 19.0. The summed E-state index contributed by atoms with van der Waals surface area (Å²) in [6.07, 6.45) is 7.90. The molecule has 27 heavy (non-hydrogen) atoms. The number of carbonyl (C=O) groups is 2. The van der Waals surface area contributed by atoms with Crippen LogP contribution in [0.15, 0.2) is 36.9 Å². The van der Waals surface area contributed by atoms with E-state index in [1.807, 2.05) is 36.9 Å². The summed E-state index contributed by atoms with van der Waals surface area (Å²) in [5, 5.41) is 5.96. The molecule has 1 aliphatic rings. The van der Waals surface area contributed by atoms with E-state index in [0.29, 0.717) is 26.1 Å². The van der Waals surface area contributed by atoms with Gasteiger partial charge < -0.3 is 15.2 Å². The zero-order valence-corrected chi connectivity index (χ0v) is 15.8. The normalized spacial score (nSPS) is 19.8. The molecule has 0 bridgehead atoms. The molecule has 3 heterocycles. The van der Waals surface area contributed by atoms with Crippen molar-refractivity contribution >= 4 is 11.8 Å². The summed E-state index contributed by atoms with van der Waals surface area (Å²) in [6.45, 7) is 3.68. The molecular weight excluding hydrogens is 344 g/mol. The molecule has 2 amide bonds. The highest BCUT2D eigenvalue weighted by atomic mass is 16.2. The summed E-state index contributed by atoms with van der Waals surface area (Å²) in [4.78, 5) is 35.3. The SMILES string of the molecule is CCNC(=O)[C@@H]1C[C@@H](NC(=O)Cc2cccnc2)CN1Cc1nccn1C. The molecule has 0 unspecified atom stereocenters. The Morgan fingerprint density at radius 2 is 2.19 bits per heavy atom. The van der Waals surface area contributed by atoms with E-state index in [1.165, 1.54) is 0 Å². The number of likely N-dealkylation sites (N-methyl/N-ethyl adjacent to an activating group) is 1. The minimum atomic E-state index is -0.273. The molecule has 0 spiro atoms. The van der Waals surface area contributed by atoms with Crippen molar-refractivity contribution in [3.63, 3.8) is 0 Å². The van der Waals surface area contributed by atoms with Crippen molar-refractivity contribution in [3.8, 4) is 0 Å². The van der Waals surface area contributed by atoms with Gasteiger partial charge in [0.15, 0.2) is 0 Å². The number of hydrogen-bond donors (Lipinski definition) is 2. The van der Waals surface area contributed by atoms with Gasteiger partial charge in [-0.2, -0.15) is 0 Å². The number of nitrogens with one attached hydrogen (secondary N) is 2. The Morgan fingerprint density at radius 3 is 2.85 bits per heavy atom. The van der Waals surface area contributed by atoms with Crippen LogP contribution in [0.1, 0.15) is 24.7 Å². The van der Waals surface area contributed by atoms with Crippen LogP contribution in [0.3, 0.4) is 0 Å². The number of carbonyl (C=O) groups excluding carboxylic acids is 2. The van der Waals surface area contributed by atoms with Crippen LogP contribution in [0.5, 0.6) is 0 Å². The predicted molar refractivity (Wildman–Crippen MR) is 101 cm³/mol. The minimum absolute atomic E-state index is 0.00397. The van der Waals surface area contributed by atoms with E-state index in [4.69, 9.17) is 0 Å². The van der Waals surface area contributed by atoms with Crippen molar-refractivity contribution in [2.75, 3.05) is 13.1 Å². The van der Waals surface area contributed by atoms with E-state index in [1.54, 1.807) is 18.6 Å². The summed E-state index contributed by atoms with van der Waals surface area (Å²) in [5.41, 5.74) is 0.873. The van der Waals surface area contributed by atoms with Crippen LogP contribution in [-0.4, -0.2) is 56.4 Å². The van der Waals surface area contributed by atoms with Gasteiger partial charge in [0, 0.05) is 51.0 Å². The average molecular weight is 370 g/mol. The second kappa shape index (κ2) is 8.77. The molecule has 8 nitrogen and oxygen atoms in total. The molecule has 2 aromatic rings. The van der Waals surface area contributed by atoms with Gasteiger partial charge in [-0.25, -0.2) is 4.98 Å². The van der Waals surface area contributed by atoms with Gasteiger partial charge in [-0.05, 0) is 25.0 Å². The molecule has 3 rings (SSSR count). The Hall–Kier alpha value is -2.74. The number of pyridine rings is 1. The van der Waals surface area contributed by atoms with Crippen molar-refractivity contribution in [1.29, 1.82) is 0 Å². The van der Waals surface area contributed by atoms with E-state index >= 15 is 0 Å². The molecule has 2 aromatic heterocycles. The van der Waals surface area contributed by atoms with Gasteiger partial charge in [0.1, 0.15) is 5.82 Å². The Balaban J connectivity index is 1.63. The Bertz CT molecular complexity index is 776. The second-order valence-corrected chi connectivity index (χ2v) is 6.83. The topological polar surface area (TPSA) is 92.2 Å². The molecule has 1 aliphatic heterocycles. The molecule has 1 saturated heterocycles. The summed E-state index contributed by atoms with van der Waals surface area (Å²) in [5.74, 6) is 0.837. The smallest absolute Gasteiger partial charge is 0.237 e. The Kier molecular flexibility index (Phi) is 6.18. The van der Waals surface area contributed by atoms with Gasteiger partial charge in [0.2, 0.25) is 11.8 Å². The third-order valence-electron chi connectivity index (χ3n) is 4.78. The van der Waals surface area contributed by atoms with Crippen LogP contribution in [0.4, 0.5) is 0 Å². The number of hydrogen-bond acceptors (Lipinski definition) is 5. The fraction of sp³-hybridized carbons (Fsp3) is 0.474. The van der Waals surface area contributed by atoms with Crippen LogP contribution in [0, 0.1) is 0 Å². The minimum Gasteiger partial charge on any atom is -0.355 e. The summed E-state index contributed by atoms with van der Waals surface area (Å²) < 4.78 is 1.95. The first-order valence-corrected chi connectivity index (χ1v) is 9.23. The molecule has 0 saturated carbocycles. The maximum absolute atomic E-state index is 12.5. The van der Waals surface area contributed by atoms with Crippen molar-refractivity contribution in [2.45, 2.75) is 38.4 Å². The van der Waals surface area contributed by atoms with Crippen molar-refractivity contribution in [2.24, 2.45) is 7.05 Å². The Labute approximate surface area is 159 Å². The summed E-state index contributed by atoms with van der Waals surface area (Å²) in [7, 11) is 1.94. The van der Waals surface area contributed by atoms with Crippen molar-refractivity contribution < 1.29 is 9.59 Å². The highest BCUT2D eigenvalue weighted by molar-refractivity contribution is 5.83. The lowest BCUT2D eigenvalue weighted by Gasteiger charge is -2.22. The largest absolute Gasteiger partial charge is 0.355 e. The number of likely N-dealkylation sites (tertiary alicyclic amines) is 1. The summed E-state index contributed by atoms with van der Waals surface area (Å²) >= 11 is 0. The fourth-order valence-electron chi connectivity index (χ4n) is 3.44. The number of rotatable bonds is 7. The second-order valence-electron chi connectivity index (χ2n) is 6.83. The standard InChI is InChI=1S/C19H26N6O2/c1-3-21-19(27)16-10-15(12-25(16)13-17-22-7-8-24(17)2)23-18(26)9-14-5-4-6-20-11-14/h4-8,11,15-16H,3,9-10,12-13H2,1-2H3,(H,21,27)(H,23,26)/t15-,16+/m1/s1. The predicted octanol–water partition coefficient (Wildman–Crippen LogP) is 0.253. The molecule has 0 aromatic carbocycles. The molecule has 144 valence electrons. The maximum Gasteiger partial charge on any atom is 0.237 e. The van der Waals surface area contributed by atoms with Crippen LogP contribution in [0.2, 0.25) is 0 Å². The van der Waals surface area contributed by atoms with Gasteiger partial charge in [-0.1, -0.05) is 6.07 Å². The van der Waals surface area contributed by atoms with Crippen LogP contribution in [0.25, 0.3) is 0 Å². The summed E-state index contributed by atoms with van der Waals surface area (Å²) in [6, 6.07) is 3.36. The highest BCUT2D eigenvalue weighted by Gasteiger charge is 2.37. The number of amides is 2. The average Bonchev–Trinajstić information content (AvgIpc) is 3.22. The number of imidazole rings is 1. The molecule has 8 heteroatoms. The van der Waals surface area contributed by atoms with Gasteiger partial charge >= 0.3 is 0 Å². The number of aromatic nitrogens is 3. The van der Waals surface area contributed by atoms with E-state index in [-0.39, 0.29) is 30.3 Å². The lowest BCUT2D eigenvalue weighted by Crippen LogP contribution is -2.43. The molecule has 2 atom stereocenters.